The van der Waals surface area contributed by atoms with Crippen molar-refractivity contribution in [1.82, 2.24) is 4.90 Å². The van der Waals surface area contributed by atoms with E-state index in [1.54, 1.807) is 7.11 Å². The van der Waals surface area contributed by atoms with Crippen LogP contribution in [0.25, 0.3) is 0 Å². The number of rotatable bonds is 4. The van der Waals surface area contributed by atoms with Crippen LogP contribution in [0.2, 0.25) is 0 Å². The Labute approximate surface area is 126 Å². The van der Waals surface area contributed by atoms with Crippen LogP contribution < -0.4 is 10.5 Å². The van der Waals surface area contributed by atoms with E-state index in [9.17, 15) is 4.79 Å². The van der Waals surface area contributed by atoms with Crippen LogP contribution in [0.1, 0.15) is 36.0 Å². The molecule has 1 aromatic rings. The Morgan fingerprint density at radius 2 is 2.05 bits per heavy atom. The molecule has 2 rings (SSSR count). The number of likely N-dealkylation sites (tertiary alicyclic amines) is 1. The summed E-state index contributed by atoms with van der Waals surface area (Å²) in [6, 6.07) is 7.61. The second-order valence-electron chi connectivity index (χ2n) is 4.95. The van der Waals surface area contributed by atoms with Crippen LogP contribution in [-0.4, -0.2) is 37.0 Å². The number of nitrogens with two attached hydrogens (primary N) is 1. The van der Waals surface area contributed by atoms with E-state index in [0.29, 0.717) is 12.6 Å². The van der Waals surface area contributed by atoms with Crippen molar-refractivity contribution in [3.63, 3.8) is 0 Å². The molecule has 112 valence electrons. The fourth-order valence-corrected chi connectivity index (χ4v) is 2.66. The molecule has 0 aromatic heterocycles. The largest absolute Gasteiger partial charge is 0.497 e. The minimum Gasteiger partial charge on any atom is -0.497 e. The van der Waals surface area contributed by atoms with E-state index in [1.807, 2.05) is 29.2 Å². The molecule has 0 bridgehead atoms. The van der Waals surface area contributed by atoms with E-state index in [2.05, 4.69) is 0 Å². The maximum atomic E-state index is 12.5. The van der Waals surface area contributed by atoms with Crippen molar-refractivity contribution in [1.29, 1.82) is 0 Å². The first-order chi connectivity index (χ1) is 9.26. The summed E-state index contributed by atoms with van der Waals surface area (Å²) in [7, 11) is 1.62. The zero-order valence-corrected chi connectivity index (χ0v) is 12.7. The molecule has 1 aliphatic rings. The van der Waals surface area contributed by atoms with Crippen LogP contribution in [-0.2, 0) is 0 Å². The number of carbonyl (C=O) groups excluding carboxylic acids is 1. The highest BCUT2D eigenvalue weighted by Gasteiger charge is 2.26. The smallest absolute Gasteiger partial charge is 0.254 e. The van der Waals surface area contributed by atoms with Gasteiger partial charge in [-0.25, -0.2) is 0 Å². The molecule has 0 saturated carbocycles. The monoisotopic (exact) mass is 298 g/mol. The van der Waals surface area contributed by atoms with E-state index in [-0.39, 0.29) is 18.3 Å². The molecule has 1 unspecified atom stereocenters. The van der Waals surface area contributed by atoms with Crippen LogP contribution in [0.15, 0.2) is 24.3 Å². The molecule has 1 amide bonds. The highest BCUT2D eigenvalue weighted by Crippen LogP contribution is 2.22. The van der Waals surface area contributed by atoms with Crippen molar-refractivity contribution in [3.05, 3.63) is 29.8 Å². The number of amides is 1. The second-order valence-corrected chi connectivity index (χ2v) is 4.95. The van der Waals surface area contributed by atoms with Crippen molar-refractivity contribution in [3.8, 4) is 5.75 Å². The molecule has 2 N–H and O–H groups in total. The molecule has 1 aliphatic heterocycles. The Hall–Kier alpha value is -1.26. The van der Waals surface area contributed by atoms with Gasteiger partial charge in [-0.2, -0.15) is 0 Å². The van der Waals surface area contributed by atoms with E-state index in [1.165, 1.54) is 6.42 Å². The molecule has 4 nitrogen and oxygen atoms in total. The maximum Gasteiger partial charge on any atom is 0.254 e. The van der Waals surface area contributed by atoms with Gasteiger partial charge in [-0.05, 0) is 56.5 Å². The molecule has 1 aromatic carbocycles. The summed E-state index contributed by atoms with van der Waals surface area (Å²) in [5, 5.41) is 0. The third kappa shape index (κ3) is 3.87. The lowest BCUT2D eigenvalue weighted by atomic mass is 9.98. The van der Waals surface area contributed by atoms with Gasteiger partial charge in [-0.3, -0.25) is 4.79 Å². The van der Waals surface area contributed by atoms with E-state index in [4.69, 9.17) is 10.5 Å². The third-order valence-electron chi connectivity index (χ3n) is 3.72. The molecular weight excluding hydrogens is 276 g/mol. The number of hydrogen-bond donors (Lipinski definition) is 1. The number of benzene rings is 1. The van der Waals surface area contributed by atoms with Crippen molar-refractivity contribution in [2.24, 2.45) is 5.73 Å². The van der Waals surface area contributed by atoms with E-state index >= 15 is 0 Å². The minimum absolute atomic E-state index is 0. The van der Waals surface area contributed by atoms with Gasteiger partial charge in [0.15, 0.2) is 0 Å². The summed E-state index contributed by atoms with van der Waals surface area (Å²) < 4.78 is 5.11. The summed E-state index contributed by atoms with van der Waals surface area (Å²) in [6.45, 7) is 1.48. The Kier molecular flexibility index (Phi) is 6.82. The van der Waals surface area contributed by atoms with Crippen LogP contribution >= 0.6 is 12.4 Å². The SMILES string of the molecule is COc1ccc(C(=O)N2CCCCC2CCN)cc1.Cl. The van der Waals surface area contributed by atoms with Crippen molar-refractivity contribution >= 4 is 18.3 Å². The van der Waals surface area contributed by atoms with Gasteiger partial charge in [0.2, 0.25) is 0 Å². The second kappa shape index (κ2) is 8.12. The Balaban J connectivity index is 0.00000200. The number of halogens is 1. The highest BCUT2D eigenvalue weighted by molar-refractivity contribution is 5.94. The van der Waals surface area contributed by atoms with Crippen LogP contribution in [0.5, 0.6) is 5.75 Å². The zero-order chi connectivity index (χ0) is 13.7. The standard InChI is InChI=1S/C15H22N2O2.ClH/c1-19-14-7-5-12(6-8-14)15(18)17-11-3-2-4-13(17)9-10-16;/h5-8,13H,2-4,9-11,16H2,1H3;1H. The average Bonchev–Trinajstić information content (AvgIpc) is 2.47. The first-order valence-corrected chi connectivity index (χ1v) is 6.91. The first-order valence-electron chi connectivity index (χ1n) is 6.91. The molecule has 1 fully saturated rings. The van der Waals surface area contributed by atoms with Gasteiger partial charge in [0.1, 0.15) is 5.75 Å². The van der Waals surface area contributed by atoms with Gasteiger partial charge >= 0.3 is 0 Å². The molecular formula is C15H23ClN2O2. The predicted molar refractivity (Wildman–Crippen MR) is 82.6 cm³/mol. The van der Waals surface area contributed by atoms with Gasteiger partial charge in [-0.1, -0.05) is 0 Å². The summed E-state index contributed by atoms with van der Waals surface area (Å²) in [5.74, 6) is 0.884. The number of nitrogens with zero attached hydrogens (tertiary/aromatic N) is 1. The quantitative estimate of drug-likeness (QED) is 0.929. The predicted octanol–water partition coefficient (Wildman–Crippen LogP) is 2.46. The van der Waals surface area contributed by atoms with Gasteiger partial charge in [0, 0.05) is 18.2 Å². The van der Waals surface area contributed by atoms with Gasteiger partial charge < -0.3 is 15.4 Å². The lowest BCUT2D eigenvalue weighted by Crippen LogP contribution is -2.44. The molecule has 20 heavy (non-hydrogen) atoms. The Morgan fingerprint density at radius 1 is 1.35 bits per heavy atom. The maximum absolute atomic E-state index is 12.5. The molecule has 0 radical (unpaired) electrons. The number of carbonyl (C=O) groups is 1. The first kappa shape index (κ1) is 16.8. The molecule has 1 atom stereocenters. The number of ether oxygens (including phenoxy) is 1. The number of piperidine rings is 1. The van der Waals surface area contributed by atoms with E-state index < -0.39 is 0 Å². The molecule has 1 saturated heterocycles. The van der Waals surface area contributed by atoms with Gasteiger partial charge in [0.05, 0.1) is 7.11 Å². The van der Waals surface area contributed by atoms with E-state index in [0.717, 1.165) is 37.1 Å². The summed E-state index contributed by atoms with van der Waals surface area (Å²) in [4.78, 5) is 14.5. The lowest BCUT2D eigenvalue weighted by molar-refractivity contribution is 0.0605. The fraction of sp³-hybridized carbons (Fsp3) is 0.533. The fourth-order valence-electron chi connectivity index (χ4n) is 2.66. The zero-order valence-electron chi connectivity index (χ0n) is 11.9. The third-order valence-corrected chi connectivity index (χ3v) is 3.72. The van der Waals surface area contributed by atoms with Crippen LogP contribution in [0, 0.1) is 0 Å². The summed E-state index contributed by atoms with van der Waals surface area (Å²) >= 11 is 0. The minimum atomic E-state index is 0. The van der Waals surface area contributed by atoms with Gasteiger partial charge in [0.25, 0.3) is 5.91 Å². The van der Waals surface area contributed by atoms with Crippen LogP contribution in [0.4, 0.5) is 0 Å². The number of methoxy groups -OCH3 is 1. The highest BCUT2D eigenvalue weighted by atomic mass is 35.5. The lowest BCUT2D eigenvalue weighted by Gasteiger charge is -2.35. The normalized spacial score (nSPS) is 18.3. The average molecular weight is 299 g/mol. The molecule has 5 heteroatoms. The summed E-state index contributed by atoms with van der Waals surface area (Å²) in [6.07, 6.45) is 4.24. The Bertz CT molecular complexity index is 420. The van der Waals surface area contributed by atoms with Gasteiger partial charge in [-0.15, -0.1) is 12.4 Å². The molecule has 0 aliphatic carbocycles. The number of hydrogen-bond acceptors (Lipinski definition) is 3. The topological polar surface area (TPSA) is 55.6 Å². The molecule has 0 spiro atoms. The van der Waals surface area contributed by atoms with Crippen molar-refractivity contribution < 1.29 is 9.53 Å². The molecule has 1 heterocycles. The van der Waals surface area contributed by atoms with Crippen LogP contribution in [0.3, 0.4) is 0 Å². The Morgan fingerprint density at radius 3 is 2.65 bits per heavy atom. The van der Waals surface area contributed by atoms with Crippen molar-refractivity contribution in [2.45, 2.75) is 31.7 Å². The van der Waals surface area contributed by atoms with Crippen molar-refractivity contribution in [2.75, 3.05) is 20.2 Å². The summed E-state index contributed by atoms with van der Waals surface area (Å²) in [5.41, 5.74) is 6.37.